The highest BCUT2D eigenvalue weighted by Gasteiger charge is 2.57. The van der Waals surface area contributed by atoms with Crippen LogP contribution in [0.4, 0.5) is 0 Å². The van der Waals surface area contributed by atoms with Gasteiger partial charge in [0.05, 0.1) is 6.61 Å². The van der Waals surface area contributed by atoms with Crippen molar-refractivity contribution in [3.8, 4) is 18.1 Å². The van der Waals surface area contributed by atoms with Crippen molar-refractivity contribution in [2.75, 3.05) is 6.61 Å². The highest BCUT2D eigenvalue weighted by molar-refractivity contribution is 7.52. The average molecular weight is 592 g/mol. The number of nitrogens with one attached hydrogen (secondary N) is 2. The van der Waals surface area contributed by atoms with Gasteiger partial charge in [-0.3, -0.25) is 14.1 Å². The monoisotopic (exact) mass is 591 g/mol. The van der Waals surface area contributed by atoms with Crippen LogP contribution in [-0.4, -0.2) is 69.8 Å². The Balaban J connectivity index is 1.78. The molecule has 0 spiro atoms. The fourth-order valence-electron chi connectivity index (χ4n) is 4.39. The Bertz CT molecular complexity index is 1200. The number of esters is 1. The molecule has 0 aromatic heterocycles. The number of aliphatic hydroxyl groups is 2. The summed E-state index contributed by atoms with van der Waals surface area (Å²) < 4.78 is 36.7. The van der Waals surface area contributed by atoms with Crippen LogP contribution in [0.25, 0.3) is 0 Å². The molecule has 1 aromatic carbocycles. The summed E-state index contributed by atoms with van der Waals surface area (Å²) in [5.41, 5.74) is -2.26. The molecule has 41 heavy (non-hydrogen) atoms. The van der Waals surface area contributed by atoms with E-state index < -0.39 is 56.3 Å². The molecule has 1 fully saturated rings. The van der Waals surface area contributed by atoms with Crippen LogP contribution in [0.1, 0.15) is 46.5 Å². The summed E-state index contributed by atoms with van der Waals surface area (Å²) in [7, 11) is -4.30. The van der Waals surface area contributed by atoms with Gasteiger partial charge >= 0.3 is 13.7 Å². The number of hydrogen-bond acceptors (Lipinski definition) is 10. The number of benzene rings is 1. The number of amides is 1. The minimum Gasteiger partial charge on any atom is -0.461 e. The Kier molecular flexibility index (Phi) is 11.2. The second kappa shape index (κ2) is 14.1. The van der Waals surface area contributed by atoms with Gasteiger partial charge in [-0.25, -0.2) is 4.57 Å². The molecule has 12 nitrogen and oxygen atoms in total. The van der Waals surface area contributed by atoms with Crippen molar-refractivity contribution in [1.29, 1.82) is 0 Å². The quantitative estimate of drug-likeness (QED) is 0.143. The molecule has 2 aliphatic heterocycles. The molecule has 4 N–H and O–H groups in total. The van der Waals surface area contributed by atoms with Crippen molar-refractivity contribution in [3.63, 3.8) is 0 Å². The fourth-order valence-corrected chi connectivity index (χ4v) is 5.89. The molecule has 224 valence electrons. The van der Waals surface area contributed by atoms with Crippen LogP contribution in [0.3, 0.4) is 0 Å². The lowest BCUT2D eigenvalue weighted by Gasteiger charge is -2.36. The SMILES string of the molecule is C#C[C@@]1(O)[C@H](O)[C@@H](COP(=O)(N[C@@H](C)C(=O)OC(CCC)CCC)Oc2ccccc2)O[C@H]1N1C=CC(=O)NC1=C. The van der Waals surface area contributed by atoms with Crippen molar-refractivity contribution >= 4 is 19.6 Å². The minimum atomic E-state index is -4.30. The first-order valence-electron chi connectivity index (χ1n) is 13.4. The van der Waals surface area contributed by atoms with Gasteiger partial charge in [0.25, 0.3) is 5.91 Å². The van der Waals surface area contributed by atoms with Crippen molar-refractivity contribution in [1.82, 2.24) is 15.3 Å². The van der Waals surface area contributed by atoms with Crippen molar-refractivity contribution in [2.45, 2.75) is 82.6 Å². The number of ether oxygens (including phenoxy) is 2. The first kappa shape index (κ1) is 32.3. The molecule has 0 bridgehead atoms. The first-order valence-corrected chi connectivity index (χ1v) is 15.0. The van der Waals surface area contributed by atoms with Gasteiger partial charge in [-0.1, -0.05) is 57.4 Å². The maximum absolute atomic E-state index is 13.9. The number of aliphatic hydroxyl groups excluding tert-OH is 1. The van der Waals surface area contributed by atoms with Gasteiger partial charge in [-0.2, -0.15) is 5.09 Å². The third-order valence-corrected chi connectivity index (χ3v) is 8.16. The average Bonchev–Trinajstić information content (AvgIpc) is 3.18. The van der Waals surface area contributed by atoms with Gasteiger partial charge < -0.3 is 34.4 Å². The lowest BCUT2D eigenvalue weighted by atomic mass is 9.94. The van der Waals surface area contributed by atoms with E-state index in [4.69, 9.17) is 24.9 Å². The van der Waals surface area contributed by atoms with Crippen molar-refractivity contribution in [3.05, 3.63) is 55.0 Å². The molecular weight excluding hydrogens is 553 g/mol. The molecule has 3 rings (SSSR count). The second-order valence-corrected chi connectivity index (χ2v) is 11.5. The maximum Gasteiger partial charge on any atom is 0.459 e. The van der Waals surface area contributed by atoms with Crippen LogP contribution in [0.15, 0.2) is 55.0 Å². The van der Waals surface area contributed by atoms with E-state index in [0.29, 0.717) is 12.8 Å². The summed E-state index contributed by atoms with van der Waals surface area (Å²) in [4.78, 5) is 25.7. The predicted octanol–water partition coefficient (Wildman–Crippen LogP) is 2.55. The van der Waals surface area contributed by atoms with Crippen LogP contribution >= 0.6 is 7.75 Å². The third kappa shape index (κ3) is 7.98. The molecule has 2 aliphatic rings. The Morgan fingerprint density at radius 2 is 1.98 bits per heavy atom. The summed E-state index contributed by atoms with van der Waals surface area (Å²) in [6, 6.07) is 7.08. The predicted molar refractivity (Wildman–Crippen MR) is 150 cm³/mol. The first-order chi connectivity index (χ1) is 19.5. The van der Waals surface area contributed by atoms with Crippen LogP contribution in [0.5, 0.6) is 5.75 Å². The smallest absolute Gasteiger partial charge is 0.459 e. The zero-order valence-corrected chi connectivity index (χ0v) is 24.3. The van der Waals surface area contributed by atoms with E-state index in [1.165, 1.54) is 24.1 Å². The van der Waals surface area contributed by atoms with E-state index in [9.17, 15) is 24.4 Å². The van der Waals surface area contributed by atoms with E-state index in [2.05, 4.69) is 22.9 Å². The molecule has 1 aromatic rings. The van der Waals surface area contributed by atoms with Gasteiger partial charge in [0.1, 0.15) is 35.9 Å². The molecule has 6 atom stereocenters. The van der Waals surface area contributed by atoms with E-state index in [0.717, 1.165) is 12.8 Å². The van der Waals surface area contributed by atoms with Crippen LogP contribution in [0, 0.1) is 12.3 Å². The Morgan fingerprint density at radius 3 is 2.56 bits per heavy atom. The lowest BCUT2D eigenvalue weighted by Crippen LogP contribution is -2.54. The van der Waals surface area contributed by atoms with E-state index in [1.807, 2.05) is 13.8 Å². The van der Waals surface area contributed by atoms with Crippen LogP contribution in [-0.2, 0) is 28.2 Å². The summed E-state index contributed by atoms with van der Waals surface area (Å²) in [6.07, 6.45) is 6.44. The summed E-state index contributed by atoms with van der Waals surface area (Å²) >= 11 is 0. The molecule has 2 heterocycles. The van der Waals surface area contributed by atoms with Gasteiger partial charge in [0, 0.05) is 12.3 Å². The largest absolute Gasteiger partial charge is 0.461 e. The highest BCUT2D eigenvalue weighted by atomic mass is 31.2. The summed E-state index contributed by atoms with van der Waals surface area (Å²) in [5, 5.41) is 27.1. The van der Waals surface area contributed by atoms with Crippen LogP contribution in [0.2, 0.25) is 0 Å². The maximum atomic E-state index is 13.9. The normalized spacial score (nSPS) is 26.3. The second-order valence-electron chi connectivity index (χ2n) is 9.78. The van der Waals surface area contributed by atoms with E-state index >= 15 is 0 Å². The van der Waals surface area contributed by atoms with Crippen molar-refractivity contribution in [2.24, 2.45) is 0 Å². The molecule has 0 radical (unpaired) electrons. The number of carbonyl (C=O) groups is 2. The molecule has 0 aliphatic carbocycles. The molecule has 0 saturated carbocycles. The summed E-state index contributed by atoms with van der Waals surface area (Å²) in [6.45, 7) is 8.61. The summed E-state index contributed by atoms with van der Waals surface area (Å²) in [5.74, 6) is 1.31. The fraction of sp³-hybridized carbons (Fsp3) is 0.500. The standard InChI is InChI=1S/C28H38N3O9P/c1-6-12-21(13-7-2)38-26(34)19(4)30-41(36,40-22-14-10-9-11-15-22)37-18-23-25(33)28(35,8-3)27(39-23)31-17-16-24(32)29-20(31)5/h3,9-11,14-17,19,21,23,25,27,33,35H,5-7,12-13,18H2,1-2,4H3,(H,29,32)(H,30,36)/t19-,23+,25+,27+,28+,41?/m0/s1. The van der Waals surface area contributed by atoms with Gasteiger partial charge in [0.15, 0.2) is 11.8 Å². The number of rotatable bonds is 14. The van der Waals surface area contributed by atoms with Crippen molar-refractivity contribution < 1.29 is 42.9 Å². The Hall–Kier alpha value is -3.17. The number of terminal acetylenes is 1. The molecule has 13 heteroatoms. The minimum absolute atomic E-state index is 0.0569. The number of carbonyl (C=O) groups excluding carboxylic acids is 2. The molecular formula is C28H38N3O9P. The Morgan fingerprint density at radius 1 is 1.32 bits per heavy atom. The van der Waals surface area contributed by atoms with E-state index in [-0.39, 0.29) is 17.7 Å². The number of para-hydroxylation sites is 1. The van der Waals surface area contributed by atoms with E-state index in [1.54, 1.807) is 30.3 Å². The zero-order valence-electron chi connectivity index (χ0n) is 23.4. The third-order valence-electron chi connectivity index (χ3n) is 6.52. The topological polar surface area (TPSA) is 156 Å². The number of nitrogens with zero attached hydrogens (tertiary/aromatic N) is 1. The highest BCUT2D eigenvalue weighted by Crippen LogP contribution is 2.46. The Labute approximate surface area is 240 Å². The van der Waals surface area contributed by atoms with Crippen LogP contribution < -0.4 is 14.9 Å². The molecule has 1 unspecified atom stereocenters. The number of hydrogen-bond donors (Lipinski definition) is 4. The molecule has 1 saturated heterocycles. The van der Waals surface area contributed by atoms with Gasteiger partial charge in [-0.05, 0) is 31.9 Å². The molecule has 1 amide bonds. The van der Waals surface area contributed by atoms with Gasteiger partial charge in [0.2, 0.25) is 0 Å². The van der Waals surface area contributed by atoms with Gasteiger partial charge in [-0.15, -0.1) is 6.42 Å². The zero-order chi connectivity index (χ0) is 30.2. The lowest BCUT2D eigenvalue weighted by molar-refractivity contribution is -0.151.